The summed E-state index contributed by atoms with van der Waals surface area (Å²) in [7, 11) is 0. The highest BCUT2D eigenvalue weighted by Gasteiger charge is 2.59. The third-order valence-electron chi connectivity index (χ3n) is 2.39. The van der Waals surface area contributed by atoms with Gasteiger partial charge in [0.15, 0.2) is 0 Å². The number of fused-ring (bicyclic) bond motifs is 1. The second-order valence-electron chi connectivity index (χ2n) is 3.97. The largest absolute Gasteiger partial charge is 0.451 e. The lowest BCUT2D eigenvalue weighted by Gasteiger charge is -2.22. The van der Waals surface area contributed by atoms with Crippen LogP contribution in [0, 0.1) is 0 Å². The van der Waals surface area contributed by atoms with Crippen molar-refractivity contribution in [3.8, 4) is 5.88 Å². The molecule has 2 rings (SSSR count). The number of aromatic nitrogens is 2. The van der Waals surface area contributed by atoms with Crippen LogP contribution in [-0.4, -0.2) is 28.4 Å². The molecule has 0 saturated carbocycles. The van der Waals surface area contributed by atoms with E-state index in [-0.39, 0.29) is 11.0 Å². The van der Waals surface area contributed by atoms with Crippen LogP contribution in [0.3, 0.4) is 0 Å². The van der Waals surface area contributed by atoms with E-state index in [0.717, 1.165) is 0 Å². The highest BCUT2D eigenvalue weighted by molar-refractivity contribution is 5.73. The molecular weight excluding hydrogens is 306 g/mol. The minimum absolute atomic E-state index is 0.00445. The average molecular weight is 312 g/mol. The molecule has 21 heavy (non-hydrogen) atoms. The fourth-order valence-electron chi connectivity index (χ4n) is 1.52. The Labute approximate surface area is 112 Å². The van der Waals surface area contributed by atoms with Crippen LogP contribution >= 0.6 is 0 Å². The maximum atomic E-state index is 12.4. The second kappa shape index (κ2) is 4.93. The van der Waals surface area contributed by atoms with E-state index >= 15 is 0 Å². The van der Waals surface area contributed by atoms with Crippen molar-refractivity contribution in [2.75, 3.05) is 0 Å². The van der Waals surface area contributed by atoms with Crippen LogP contribution in [0.1, 0.15) is 0 Å². The van der Waals surface area contributed by atoms with Gasteiger partial charge in [-0.15, -0.1) is 0 Å². The number of H-pyrrole nitrogens is 1. The SMILES string of the molecule is O=c1[nH]c2ccccc2nc1OC(C(F)(F)F)C(F)(F)F. The quantitative estimate of drug-likeness (QED) is 0.868. The van der Waals surface area contributed by atoms with Gasteiger partial charge in [-0.25, -0.2) is 4.98 Å². The number of hydrogen-bond donors (Lipinski definition) is 1. The van der Waals surface area contributed by atoms with Gasteiger partial charge < -0.3 is 9.72 Å². The molecule has 114 valence electrons. The molecule has 0 saturated heterocycles. The summed E-state index contributed by atoms with van der Waals surface area (Å²) < 4.78 is 78.0. The zero-order valence-electron chi connectivity index (χ0n) is 9.92. The Morgan fingerprint density at radius 2 is 1.62 bits per heavy atom. The lowest BCUT2D eigenvalue weighted by atomic mass is 10.3. The first kappa shape index (κ1) is 15.1. The summed E-state index contributed by atoms with van der Waals surface area (Å²) in [5.74, 6) is -1.30. The van der Waals surface area contributed by atoms with Gasteiger partial charge in [0.2, 0.25) is 0 Å². The van der Waals surface area contributed by atoms with Crippen LogP contribution in [0.25, 0.3) is 11.0 Å². The minimum Gasteiger partial charge on any atom is -0.451 e. The Kier molecular flexibility index (Phi) is 3.56. The van der Waals surface area contributed by atoms with Crippen molar-refractivity contribution < 1.29 is 31.1 Å². The summed E-state index contributed by atoms with van der Waals surface area (Å²) in [6.07, 6.45) is -15.6. The molecule has 0 amide bonds. The fraction of sp³-hybridized carbons (Fsp3) is 0.273. The third-order valence-corrected chi connectivity index (χ3v) is 2.39. The van der Waals surface area contributed by atoms with Crippen molar-refractivity contribution in [3.05, 3.63) is 34.6 Å². The number of ether oxygens (including phenoxy) is 1. The van der Waals surface area contributed by atoms with Crippen LogP contribution in [0.15, 0.2) is 29.1 Å². The lowest BCUT2D eigenvalue weighted by Crippen LogP contribution is -2.47. The van der Waals surface area contributed by atoms with E-state index in [4.69, 9.17) is 0 Å². The first-order chi connectivity index (χ1) is 9.59. The Bertz CT molecular complexity index is 692. The van der Waals surface area contributed by atoms with Gasteiger partial charge in [-0.3, -0.25) is 4.79 Å². The first-order valence-corrected chi connectivity index (χ1v) is 5.38. The number of halogens is 6. The van der Waals surface area contributed by atoms with E-state index in [0.29, 0.717) is 0 Å². The van der Waals surface area contributed by atoms with Gasteiger partial charge in [-0.1, -0.05) is 12.1 Å². The van der Waals surface area contributed by atoms with Crippen molar-refractivity contribution >= 4 is 11.0 Å². The Morgan fingerprint density at radius 1 is 1.05 bits per heavy atom. The van der Waals surface area contributed by atoms with Crippen molar-refractivity contribution in [2.24, 2.45) is 0 Å². The van der Waals surface area contributed by atoms with Gasteiger partial charge in [0.1, 0.15) is 0 Å². The molecule has 0 bridgehead atoms. The van der Waals surface area contributed by atoms with Crippen molar-refractivity contribution in [3.63, 3.8) is 0 Å². The first-order valence-electron chi connectivity index (χ1n) is 5.38. The maximum absolute atomic E-state index is 12.4. The fourth-order valence-corrected chi connectivity index (χ4v) is 1.52. The van der Waals surface area contributed by atoms with Gasteiger partial charge in [0.05, 0.1) is 11.0 Å². The number of benzene rings is 1. The Morgan fingerprint density at radius 3 is 2.19 bits per heavy atom. The summed E-state index contributed by atoms with van der Waals surface area (Å²) >= 11 is 0. The van der Waals surface area contributed by atoms with Crippen molar-refractivity contribution in [1.29, 1.82) is 0 Å². The summed E-state index contributed by atoms with van der Waals surface area (Å²) in [5.41, 5.74) is -1.13. The topological polar surface area (TPSA) is 55.0 Å². The molecule has 0 unspecified atom stereocenters. The van der Waals surface area contributed by atoms with Gasteiger partial charge in [-0.05, 0) is 12.1 Å². The number of aromatic amines is 1. The normalized spacial score (nSPS) is 12.9. The zero-order valence-corrected chi connectivity index (χ0v) is 9.92. The monoisotopic (exact) mass is 312 g/mol. The van der Waals surface area contributed by atoms with E-state index in [1.54, 1.807) is 0 Å². The molecule has 0 aliphatic carbocycles. The van der Waals surface area contributed by atoms with Gasteiger partial charge >= 0.3 is 17.9 Å². The molecule has 0 aliphatic rings. The van der Waals surface area contributed by atoms with E-state index < -0.39 is 29.9 Å². The zero-order chi connectivity index (χ0) is 15.8. The molecule has 0 fully saturated rings. The summed E-state index contributed by atoms with van der Waals surface area (Å²) in [6, 6.07) is 5.64. The second-order valence-corrected chi connectivity index (χ2v) is 3.97. The number of rotatable bonds is 2. The molecule has 0 atom stereocenters. The van der Waals surface area contributed by atoms with Crippen LogP contribution < -0.4 is 10.3 Å². The number of alkyl halides is 6. The molecular formula is C11H6F6N2O2. The molecule has 1 heterocycles. The molecule has 10 heteroatoms. The lowest BCUT2D eigenvalue weighted by molar-refractivity contribution is -0.300. The summed E-state index contributed by atoms with van der Waals surface area (Å²) in [6.45, 7) is 0. The van der Waals surface area contributed by atoms with Crippen LogP contribution in [-0.2, 0) is 0 Å². The molecule has 0 radical (unpaired) electrons. The molecule has 1 N–H and O–H groups in total. The van der Waals surface area contributed by atoms with Gasteiger partial charge in [0.25, 0.3) is 12.0 Å². The number of hydrogen-bond acceptors (Lipinski definition) is 3. The number of nitrogens with one attached hydrogen (secondary N) is 1. The van der Waals surface area contributed by atoms with E-state index in [2.05, 4.69) is 14.7 Å². The minimum atomic E-state index is -5.72. The standard InChI is InChI=1S/C11H6F6N2O2/c12-10(13,14)9(11(15,16)17)21-8-7(20)18-5-3-1-2-4-6(5)19-8/h1-4,9H,(H,18,20). The smallest absolute Gasteiger partial charge is 0.434 e. The highest BCUT2D eigenvalue weighted by atomic mass is 19.4. The van der Waals surface area contributed by atoms with Crippen molar-refractivity contribution in [1.82, 2.24) is 9.97 Å². The van der Waals surface area contributed by atoms with Crippen LogP contribution in [0.2, 0.25) is 0 Å². The summed E-state index contributed by atoms with van der Waals surface area (Å²) in [5, 5.41) is 0. The van der Waals surface area contributed by atoms with Crippen LogP contribution in [0.5, 0.6) is 5.88 Å². The molecule has 1 aromatic heterocycles. The molecule has 4 nitrogen and oxygen atoms in total. The predicted octanol–water partition coefficient (Wildman–Crippen LogP) is 2.80. The van der Waals surface area contributed by atoms with Gasteiger partial charge in [-0.2, -0.15) is 26.3 Å². The highest BCUT2D eigenvalue weighted by Crippen LogP contribution is 2.35. The van der Waals surface area contributed by atoms with Crippen LogP contribution in [0.4, 0.5) is 26.3 Å². The van der Waals surface area contributed by atoms with E-state index in [1.165, 1.54) is 24.3 Å². The number of para-hydroxylation sites is 2. The van der Waals surface area contributed by atoms with E-state index in [1.807, 2.05) is 0 Å². The Balaban J connectivity index is 2.46. The predicted molar refractivity (Wildman–Crippen MR) is 58.9 cm³/mol. The third kappa shape index (κ3) is 3.26. The Hall–Kier alpha value is -2.26. The average Bonchev–Trinajstić information content (AvgIpc) is 2.33. The molecule has 0 spiro atoms. The number of nitrogens with zero attached hydrogens (tertiary/aromatic N) is 1. The van der Waals surface area contributed by atoms with Crippen molar-refractivity contribution in [2.45, 2.75) is 18.5 Å². The van der Waals surface area contributed by atoms with E-state index in [9.17, 15) is 31.1 Å². The molecule has 0 aliphatic heterocycles. The van der Waals surface area contributed by atoms with Gasteiger partial charge in [0, 0.05) is 0 Å². The summed E-state index contributed by atoms with van der Waals surface area (Å²) in [4.78, 5) is 16.9. The molecule has 1 aromatic carbocycles. The molecule has 2 aromatic rings. The maximum Gasteiger partial charge on any atom is 0.434 e.